The van der Waals surface area contributed by atoms with Crippen LogP contribution < -0.4 is 0 Å². The molecule has 0 saturated carbocycles. The van der Waals surface area contributed by atoms with Gasteiger partial charge < -0.3 is 10.2 Å². The molecular formula is C32H52O2. The van der Waals surface area contributed by atoms with Gasteiger partial charge in [-0.3, -0.25) is 0 Å². The molecule has 0 aromatic rings. The molecule has 0 heterocycles. The van der Waals surface area contributed by atoms with Gasteiger partial charge in [0.25, 0.3) is 0 Å². The fraction of sp³-hybridized carbons (Fsp3) is 0.688. The van der Waals surface area contributed by atoms with Crippen LogP contribution in [0.4, 0.5) is 0 Å². The minimum absolute atomic E-state index is 0.719. The fourth-order valence-electron chi connectivity index (χ4n) is 3.97. The van der Waals surface area contributed by atoms with E-state index in [9.17, 15) is 10.2 Å². The van der Waals surface area contributed by atoms with Crippen molar-refractivity contribution >= 4 is 0 Å². The first-order valence-electron chi connectivity index (χ1n) is 14.0. The summed E-state index contributed by atoms with van der Waals surface area (Å²) in [4.78, 5) is 0. The van der Waals surface area contributed by atoms with Gasteiger partial charge in [0.1, 0.15) is 12.2 Å². The van der Waals surface area contributed by atoms with Crippen molar-refractivity contribution in [3.63, 3.8) is 0 Å². The van der Waals surface area contributed by atoms with Crippen LogP contribution in [0.25, 0.3) is 0 Å². The van der Waals surface area contributed by atoms with Crippen molar-refractivity contribution in [3.8, 4) is 24.7 Å². The van der Waals surface area contributed by atoms with Crippen molar-refractivity contribution in [3.05, 3.63) is 36.5 Å². The highest BCUT2D eigenvalue weighted by atomic mass is 16.3. The minimum atomic E-state index is -0.720. The van der Waals surface area contributed by atoms with Gasteiger partial charge in [-0.1, -0.05) is 113 Å². The molecule has 0 unspecified atom stereocenters. The van der Waals surface area contributed by atoms with Gasteiger partial charge in [0.05, 0.1) is 0 Å². The molecule has 0 amide bonds. The Labute approximate surface area is 212 Å². The molecule has 2 atom stereocenters. The number of hydrogen-bond acceptors (Lipinski definition) is 2. The lowest BCUT2D eigenvalue weighted by molar-refractivity contribution is 0.280. The Morgan fingerprint density at radius 2 is 0.647 bits per heavy atom. The van der Waals surface area contributed by atoms with E-state index in [1.807, 2.05) is 12.2 Å². The Balaban J connectivity index is 3.20. The van der Waals surface area contributed by atoms with Gasteiger partial charge in [-0.25, -0.2) is 0 Å². The first kappa shape index (κ1) is 32.3. The van der Waals surface area contributed by atoms with Crippen molar-refractivity contribution in [2.45, 2.75) is 141 Å². The molecule has 0 aliphatic rings. The molecule has 2 N–H and O–H groups in total. The highest BCUT2D eigenvalue weighted by Crippen LogP contribution is 2.13. The van der Waals surface area contributed by atoms with Gasteiger partial charge in [-0.2, -0.15) is 0 Å². The summed E-state index contributed by atoms with van der Waals surface area (Å²) in [5.41, 5.74) is 0. The van der Waals surface area contributed by atoms with E-state index in [2.05, 4.69) is 24.0 Å². The quantitative estimate of drug-likeness (QED) is 0.0847. The van der Waals surface area contributed by atoms with Crippen LogP contribution >= 0.6 is 0 Å². The Morgan fingerprint density at radius 1 is 0.412 bits per heavy atom. The molecule has 0 spiro atoms. The molecule has 0 aromatic heterocycles. The van der Waals surface area contributed by atoms with Gasteiger partial charge in [-0.05, 0) is 63.5 Å². The van der Waals surface area contributed by atoms with Crippen LogP contribution in [0, 0.1) is 24.7 Å². The Morgan fingerprint density at radius 3 is 0.912 bits per heavy atom. The number of aliphatic hydroxyl groups is 2. The maximum atomic E-state index is 9.22. The normalized spacial score (nSPS) is 13.5. The van der Waals surface area contributed by atoms with Crippen molar-refractivity contribution < 1.29 is 10.2 Å². The number of unbranched alkanes of at least 4 members (excludes halogenated alkanes) is 18. The number of terminal acetylenes is 2. The monoisotopic (exact) mass is 468 g/mol. The summed E-state index contributed by atoms with van der Waals surface area (Å²) < 4.78 is 0. The first-order valence-corrected chi connectivity index (χ1v) is 14.0. The number of allylic oxidation sites excluding steroid dienone is 4. The summed E-state index contributed by atoms with van der Waals surface area (Å²) in [6, 6.07) is 0. The average molecular weight is 469 g/mol. The lowest BCUT2D eigenvalue weighted by Crippen LogP contribution is -1.95. The molecule has 2 nitrogen and oxygen atoms in total. The lowest BCUT2D eigenvalue weighted by atomic mass is 10.0. The number of rotatable bonds is 24. The molecule has 0 saturated heterocycles. The topological polar surface area (TPSA) is 40.5 Å². The maximum absolute atomic E-state index is 9.22. The summed E-state index contributed by atoms with van der Waals surface area (Å²) in [7, 11) is 0. The third kappa shape index (κ3) is 26.5. The highest BCUT2D eigenvalue weighted by molar-refractivity contribution is 5.06. The molecule has 0 rings (SSSR count). The van der Waals surface area contributed by atoms with E-state index in [4.69, 9.17) is 12.8 Å². The average Bonchev–Trinajstić information content (AvgIpc) is 2.85. The van der Waals surface area contributed by atoms with Crippen molar-refractivity contribution in [1.82, 2.24) is 0 Å². The summed E-state index contributed by atoms with van der Waals surface area (Å²) in [5, 5.41) is 18.4. The van der Waals surface area contributed by atoms with Crippen molar-refractivity contribution in [1.29, 1.82) is 0 Å². The molecule has 0 radical (unpaired) electrons. The predicted molar refractivity (Wildman–Crippen MR) is 149 cm³/mol. The van der Waals surface area contributed by atoms with Crippen molar-refractivity contribution in [2.75, 3.05) is 0 Å². The summed E-state index contributed by atoms with van der Waals surface area (Å²) in [6.45, 7) is 0. The van der Waals surface area contributed by atoms with Gasteiger partial charge in [0.2, 0.25) is 0 Å². The van der Waals surface area contributed by atoms with E-state index in [1.165, 1.54) is 116 Å². The standard InChI is InChI=1S/C32H52O2/c1-3-31(33)29-27-25-23-21-19-17-15-13-11-9-7-5-6-8-10-12-14-16-18-20-22-24-26-28-30-32(34)4-2/h1-2,5,7,27-34H,6,8-26H2/t31-,32-/m0/s1. The lowest BCUT2D eigenvalue weighted by Gasteiger charge is -2.02. The van der Waals surface area contributed by atoms with E-state index in [0.717, 1.165) is 12.8 Å². The Bertz CT molecular complexity index is 587. The van der Waals surface area contributed by atoms with E-state index in [0.29, 0.717) is 0 Å². The number of hydrogen-bond donors (Lipinski definition) is 2. The second-order valence-electron chi connectivity index (χ2n) is 9.36. The first-order chi connectivity index (χ1) is 16.7. The molecule has 0 aliphatic heterocycles. The molecule has 0 aliphatic carbocycles. The molecule has 34 heavy (non-hydrogen) atoms. The largest absolute Gasteiger partial charge is 0.377 e. The second-order valence-corrected chi connectivity index (χ2v) is 9.36. The van der Waals surface area contributed by atoms with Gasteiger partial charge in [-0.15, -0.1) is 12.8 Å². The van der Waals surface area contributed by atoms with Crippen LogP contribution in [0.1, 0.15) is 128 Å². The van der Waals surface area contributed by atoms with Crippen LogP contribution in [0.15, 0.2) is 36.5 Å². The molecule has 192 valence electrons. The smallest absolute Gasteiger partial charge is 0.133 e. The van der Waals surface area contributed by atoms with Gasteiger partial charge in [0.15, 0.2) is 0 Å². The third-order valence-electron chi connectivity index (χ3n) is 6.13. The van der Waals surface area contributed by atoms with E-state index < -0.39 is 12.2 Å². The predicted octanol–water partition coefficient (Wildman–Crippen LogP) is 8.45. The molecule has 0 bridgehead atoms. The SMILES string of the molecule is C#C[C@H](O)C=CCCCCCCCCCC=CCCCCCCCCCCCC=C[C@@H](O)C#C. The molecule has 0 fully saturated rings. The minimum Gasteiger partial charge on any atom is -0.377 e. The summed E-state index contributed by atoms with van der Waals surface area (Å²) in [6.07, 6.45) is 46.6. The van der Waals surface area contributed by atoms with Crippen LogP contribution in [0.3, 0.4) is 0 Å². The summed E-state index contributed by atoms with van der Waals surface area (Å²) >= 11 is 0. The molecule has 2 heteroatoms. The van der Waals surface area contributed by atoms with E-state index in [1.54, 1.807) is 12.2 Å². The zero-order valence-electron chi connectivity index (χ0n) is 21.8. The van der Waals surface area contributed by atoms with E-state index >= 15 is 0 Å². The van der Waals surface area contributed by atoms with Crippen LogP contribution in [-0.4, -0.2) is 22.4 Å². The number of aliphatic hydroxyl groups excluding tert-OH is 2. The van der Waals surface area contributed by atoms with Crippen LogP contribution in [0.2, 0.25) is 0 Å². The summed E-state index contributed by atoms with van der Waals surface area (Å²) in [5.74, 6) is 4.58. The highest BCUT2D eigenvalue weighted by Gasteiger charge is 1.94. The zero-order valence-corrected chi connectivity index (χ0v) is 21.8. The molecular weight excluding hydrogens is 416 g/mol. The van der Waals surface area contributed by atoms with Gasteiger partial charge >= 0.3 is 0 Å². The third-order valence-corrected chi connectivity index (χ3v) is 6.13. The van der Waals surface area contributed by atoms with Gasteiger partial charge in [0, 0.05) is 0 Å². The van der Waals surface area contributed by atoms with Crippen LogP contribution in [0.5, 0.6) is 0 Å². The Hall–Kier alpha value is -1.74. The van der Waals surface area contributed by atoms with Crippen LogP contribution in [-0.2, 0) is 0 Å². The Kier molecular flexibility index (Phi) is 26.1. The van der Waals surface area contributed by atoms with E-state index in [-0.39, 0.29) is 0 Å². The fourth-order valence-corrected chi connectivity index (χ4v) is 3.97. The zero-order chi connectivity index (χ0) is 25.0. The molecule has 0 aromatic carbocycles. The van der Waals surface area contributed by atoms with Crippen molar-refractivity contribution in [2.24, 2.45) is 0 Å². The second kappa shape index (κ2) is 27.5. The maximum Gasteiger partial charge on any atom is 0.133 e.